The number of fused-ring (bicyclic) bond motifs is 1. The smallest absolute Gasteiger partial charge is 0.475 e. The minimum Gasteiger partial charge on any atom is -0.475 e. The predicted molar refractivity (Wildman–Crippen MR) is 144 cm³/mol. The molecule has 2 N–H and O–H groups in total. The lowest BCUT2D eigenvalue weighted by molar-refractivity contribution is -0.192. The lowest BCUT2D eigenvalue weighted by Crippen LogP contribution is -2.44. The Hall–Kier alpha value is -3.47. The van der Waals surface area contributed by atoms with Gasteiger partial charge < -0.3 is 15.0 Å². The van der Waals surface area contributed by atoms with Crippen molar-refractivity contribution in [3.8, 4) is 0 Å². The highest BCUT2D eigenvalue weighted by Gasteiger charge is 2.42. The number of nitrogens with zero attached hydrogens (tertiary/aromatic N) is 2. The topological polar surface area (TPSA) is 76.6 Å². The van der Waals surface area contributed by atoms with Gasteiger partial charge in [0.05, 0.1) is 0 Å². The highest BCUT2D eigenvalue weighted by atomic mass is 19.4. The molecule has 3 aromatic rings. The van der Waals surface area contributed by atoms with Crippen LogP contribution in [0.1, 0.15) is 56.1 Å². The summed E-state index contributed by atoms with van der Waals surface area (Å²) in [6.07, 6.45) is 4.25. The van der Waals surface area contributed by atoms with Crippen LogP contribution < -0.4 is 0 Å². The van der Waals surface area contributed by atoms with E-state index in [2.05, 4.69) is 28.2 Å². The van der Waals surface area contributed by atoms with Crippen molar-refractivity contribution in [3.05, 3.63) is 71.4 Å². The van der Waals surface area contributed by atoms with Crippen LogP contribution in [-0.4, -0.2) is 63.1 Å². The fourth-order valence-corrected chi connectivity index (χ4v) is 6.03. The normalized spacial score (nSPS) is 19.7. The number of rotatable bonds is 6. The number of alkyl halides is 3. The monoisotopic (exact) mass is 579 g/mol. The first-order valence-corrected chi connectivity index (χ1v) is 13.8. The number of carboxylic acid groups (broad SMARTS) is 1. The van der Waals surface area contributed by atoms with Gasteiger partial charge in [-0.2, -0.15) is 13.2 Å². The van der Waals surface area contributed by atoms with Crippen LogP contribution in [0.4, 0.5) is 22.0 Å². The molecule has 0 bridgehead atoms. The molecule has 41 heavy (non-hydrogen) atoms. The number of H-pyrrole nitrogens is 1. The number of aliphatic carboxylic acids is 1. The molecule has 1 aromatic heterocycles. The number of halogens is 5. The molecular weight excluding hydrogens is 545 g/mol. The number of aryl methyl sites for hydroxylation is 1. The zero-order valence-electron chi connectivity index (χ0n) is 22.7. The maximum absolute atomic E-state index is 14.3. The van der Waals surface area contributed by atoms with Crippen molar-refractivity contribution >= 4 is 22.8 Å². The number of carbonyl (C=O) groups is 2. The van der Waals surface area contributed by atoms with Crippen LogP contribution in [0, 0.1) is 11.6 Å². The molecule has 222 valence electrons. The van der Waals surface area contributed by atoms with E-state index in [-0.39, 0.29) is 17.3 Å². The average Bonchev–Trinajstić information content (AvgIpc) is 3.44. The van der Waals surface area contributed by atoms with Gasteiger partial charge in [0.15, 0.2) is 0 Å². The summed E-state index contributed by atoms with van der Waals surface area (Å²) in [5, 5.41) is 8.36. The summed E-state index contributed by atoms with van der Waals surface area (Å²) in [6.45, 7) is 2.86. The summed E-state index contributed by atoms with van der Waals surface area (Å²) in [4.78, 5) is 29.6. The fraction of sp³-hybridized carbons (Fsp3) is 0.467. The van der Waals surface area contributed by atoms with Crippen LogP contribution in [-0.2, 0) is 22.6 Å². The second kappa shape index (κ2) is 13.0. The molecule has 1 amide bonds. The van der Waals surface area contributed by atoms with E-state index in [1.54, 1.807) is 0 Å². The molecule has 11 heteroatoms. The molecule has 2 aromatic carbocycles. The summed E-state index contributed by atoms with van der Waals surface area (Å²) in [7, 11) is 0. The number of likely N-dealkylation sites (tertiary alicyclic amines) is 2. The summed E-state index contributed by atoms with van der Waals surface area (Å²) in [6, 6.07) is 12.0. The zero-order valence-corrected chi connectivity index (χ0v) is 22.7. The summed E-state index contributed by atoms with van der Waals surface area (Å²) >= 11 is 0. The third kappa shape index (κ3) is 7.63. The number of para-hydroxylation sites is 1. The van der Waals surface area contributed by atoms with Crippen molar-refractivity contribution in [2.45, 2.75) is 69.6 Å². The van der Waals surface area contributed by atoms with Crippen LogP contribution in [0.3, 0.4) is 0 Å². The van der Waals surface area contributed by atoms with Crippen molar-refractivity contribution in [3.63, 3.8) is 0 Å². The van der Waals surface area contributed by atoms with Gasteiger partial charge in [0, 0.05) is 54.3 Å². The molecule has 6 nitrogen and oxygen atoms in total. The number of aromatic amines is 1. The lowest BCUT2D eigenvalue weighted by atomic mass is 9.87. The number of nitrogens with one attached hydrogen (secondary N) is 1. The van der Waals surface area contributed by atoms with Gasteiger partial charge in [-0.05, 0) is 81.3 Å². The van der Waals surface area contributed by atoms with Crippen molar-refractivity contribution in [2.75, 3.05) is 19.6 Å². The minimum atomic E-state index is -5.08. The summed E-state index contributed by atoms with van der Waals surface area (Å²) in [5.41, 5.74) is 2.82. The number of carboxylic acids is 1. The Kier molecular flexibility index (Phi) is 9.68. The highest BCUT2D eigenvalue weighted by Crippen LogP contribution is 2.39. The molecular formula is C30H34F5N3O3. The van der Waals surface area contributed by atoms with Gasteiger partial charge in [-0.1, -0.05) is 18.2 Å². The number of aromatic nitrogens is 1. The van der Waals surface area contributed by atoms with Crippen molar-refractivity contribution in [2.24, 2.45) is 0 Å². The van der Waals surface area contributed by atoms with Crippen molar-refractivity contribution < 1.29 is 36.6 Å². The molecule has 1 spiro atoms. The maximum Gasteiger partial charge on any atom is 0.490 e. The van der Waals surface area contributed by atoms with E-state index >= 15 is 0 Å². The SMILES string of the molecule is O=C(CCCc1c[nH]c2ccccc12)N1CCCC2(CCCN2Cc2cc(F)ccc2F)CC1.O=C(O)C(F)(F)F. The molecule has 0 aliphatic carbocycles. The van der Waals surface area contributed by atoms with E-state index in [0.717, 1.165) is 70.1 Å². The molecule has 1 atom stereocenters. The first-order chi connectivity index (χ1) is 19.5. The van der Waals surface area contributed by atoms with Gasteiger partial charge in [0.25, 0.3) is 0 Å². The number of carbonyl (C=O) groups excluding carboxylic acids is 1. The van der Waals surface area contributed by atoms with E-state index in [0.29, 0.717) is 18.5 Å². The number of amides is 1. The van der Waals surface area contributed by atoms with E-state index < -0.39 is 18.0 Å². The summed E-state index contributed by atoms with van der Waals surface area (Å²) in [5.74, 6) is -3.26. The first-order valence-electron chi connectivity index (χ1n) is 13.8. The van der Waals surface area contributed by atoms with Crippen LogP contribution in [0.25, 0.3) is 10.9 Å². The molecule has 2 aliphatic rings. The predicted octanol–water partition coefficient (Wildman–Crippen LogP) is 6.45. The quantitative estimate of drug-likeness (QED) is 0.329. The standard InChI is InChI=1S/C28H33F2N3O.C2HF3O2/c29-23-10-11-25(30)22(18-23)20-33-16-5-13-28(33)12-4-15-32(17-14-28)27(34)9-3-6-21-19-31-26-8-2-1-7-24(21)26;3-2(4,5)1(6)7/h1-2,7-8,10-11,18-19,31H,3-6,9,12-17,20H2;(H,6,7). The Morgan fingerprint density at radius 2 is 1.66 bits per heavy atom. The van der Waals surface area contributed by atoms with Gasteiger partial charge in [-0.15, -0.1) is 0 Å². The summed E-state index contributed by atoms with van der Waals surface area (Å²) < 4.78 is 59.7. The second-order valence-corrected chi connectivity index (χ2v) is 10.7. The Bertz CT molecular complexity index is 1360. The van der Waals surface area contributed by atoms with Crippen molar-refractivity contribution in [1.29, 1.82) is 0 Å². The fourth-order valence-electron chi connectivity index (χ4n) is 6.03. The van der Waals surface area contributed by atoms with Gasteiger partial charge >= 0.3 is 12.1 Å². The van der Waals surface area contributed by atoms with E-state index in [1.807, 2.05) is 17.0 Å². The Morgan fingerprint density at radius 3 is 2.39 bits per heavy atom. The van der Waals surface area contributed by atoms with Crippen LogP contribution >= 0.6 is 0 Å². The van der Waals surface area contributed by atoms with Crippen LogP contribution in [0.2, 0.25) is 0 Å². The van der Waals surface area contributed by atoms with Gasteiger partial charge in [0.2, 0.25) is 5.91 Å². The Labute approximate surface area is 235 Å². The molecule has 1 unspecified atom stereocenters. The minimum absolute atomic E-state index is 0.0160. The largest absolute Gasteiger partial charge is 0.490 e. The second-order valence-electron chi connectivity index (χ2n) is 10.7. The first kappa shape index (κ1) is 30.5. The number of hydrogen-bond donors (Lipinski definition) is 2. The van der Waals surface area contributed by atoms with Gasteiger partial charge in [0.1, 0.15) is 11.6 Å². The molecule has 3 heterocycles. The van der Waals surface area contributed by atoms with Gasteiger partial charge in [-0.25, -0.2) is 13.6 Å². The third-order valence-electron chi connectivity index (χ3n) is 8.13. The van der Waals surface area contributed by atoms with Crippen molar-refractivity contribution in [1.82, 2.24) is 14.8 Å². The van der Waals surface area contributed by atoms with E-state index in [4.69, 9.17) is 9.90 Å². The van der Waals surface area contributed by atoms with Crippen LogP contribution in [0.5, 0.6) is 0 Å². The number of hydrogen-bond acceptors (Lipinski definition) is 3. The molecule has 5 rings (SSSR count). The number of benzene rings is 2. The molecule has 2 aliphatic heterocycles. The zero-order chi connectivity index (χ0) is 29.6. The maximum atomic E-state index is 14.3. The molecule has 2 fully saturated rings. The molecule has 2 saturated heterocycles. The van der Waals surface area contributed by atoms with Crippen LogP contribution in [0.15, 0.2) is 48.7 Å². The van der Waals surface area contributed by atoms with Gasteiger partial charge in [-0.3, -0.25) is 9.69 Å². The van der Waals surface area contributed by atoms with E-state index in [1.165, 1.54) is 29.1 Å². The average molecular weight is 580 g/mol. The lowest BCUT2D eigenvalue weighted by Gasteiger charge is -2.38. The Balaban J connectivity index is 0.000000493. The molecule has 0 saturated carbocycles. The Morgan fingerprint density at radius 1 is 0.951 bits per heavy atom. The third-order valence-corrected chi connectivity index (χ3v) is 8.13. The molecule has 0 radical (unpaired) electrons. The highest BCUT2D eigenvalue weighted by molar-refractivity contribution is 5.83. The van der Waals surface area contributed by atoms with E-state index in [9.17, 15) is 26.7 Å².